The maximum Gasteiger partial charge on any atom is 0.261 e. The number of rotatable bonds is 3. The number of benzene rings is 2. The first-order chi connectivity index (χ1) is 9.95. The van der Waals surface area contributed by atoms with Crippen molar-refractivity contribution in [2.75, 3.05) is 4.72 Å². The van der Waals surface area contributed by atoms with Crippen LogP contribution in [0.3, 0.4) is 0 Å². The quantitative estimate of drug-likeness (QED) is 0.916. The van der Waals surface area contributed by atoms with Crippen LogP contribution in [0.25, 0.3) is 0 Å². The van der Waals surface area contributed by atoms with Crippen molar-refractivity contribution < 1.29 is 12.8 Å². The van der Waals surface area contributed by atoms with Gasteiger partial charge in [0.05, 0.1) is 10.6 Å². The van der Waals surface area contributed by atoms with Gasteiger partial charge < -0.3 is 5.32 Å². The normalized spacial score (nSPS) is 14.0. The topological polar surface area (TPSA) is 58.2 Å². The summed E-state index contributed by atoms with van der Waals surface area (Å²) in [5.41, 5.74) is 3.04. The van der Waals surface area contributed by atoms with Crippen LogP contribution in [0.1, 0.15) is 16.7 Å². The molecule has 2 N–H and O–H groups in total. The number of nitrogens with one attached hydrogen (secondary N) is 2. The Morgan fingerprint density at radius 3 is 2.62 bits per heavy atom. The van der Waals surface area contributed by atoms with Gasteiger partial charge in [-0.1, -0.05) is 6.07 Å². The molecule has 0 saturated carbocycles. The Morgan fingerprint density at radius 1 is 1.10 bits per heavy atom. The first-order valence-corrected chi connectivity index (χ1v) is 8.05. The van der Waals surface area contributed by atoms with Gasteiger partial charge in [-0.2, -0.15) is 0 Å². The van der Waals surface area contributed by atoms with E-state index < -0.39 is 10.0 Å². The van der Waals surface area contributed by atoms with Crippen molar-refractivity contribution in [2.45, 2.75) is 24.9 Å². The summed E-state index contributed by atoms with van der Waals surface area (Å²) >= 11 is 0. The standard InChI is InChI=1S/C15H15FN2O2S/c1-10-6-13(16)3-5-15(10)18-21(19,20)14-4-2-11-8-17-9-12(11)7-14/h2-7,17-18H,8-9H2,1H3. The molecule has 0 radical (unpaired) electrons. The second-order valence-corrected chi connectivity index (χ2v) is 6.78. The van der Waals surface area contributed by atoms with E-state index in [0.29, 0.717) is 17.8 Å². The van der Waals surface area contributed by atoms with Crippen molar-refractivity contribution in [1.82, 2.24) is 5.32 Å². The molecule has 0 fully saturated rings. The average Bonchev–Trinajstić information content (AvgIpc) is 2.89. The van der Waals surface area contributed by atoms with Crippen LogP contribution in [0.5, 0.6) is 0 Å². The second-order valence-electron chi connectivity index (χ2n) is 5.10. The van der Waals surface area contributed by atoms with Gasteiger partial charge in [0.25, 0.3) is 10.0 Å². The lowest BCUT2D eigenvalue weighted by atomic mass is 10.1. The Balaban J connectivity index is 1.93. The number of hydrogen-bond acceptors (Lipinski definition) is 3. The van der Waals surface area contributed by atoms with Crippen molar-refractivity contribution in [3.8, 4) is 0 Å². The number of halogens is 1. The molecule has 0 amide bonds. The molecule has 1 aliphatic rings. The molecular weight excluding hydrogens is 291 g/mol. The highest BCUT2D eigenvalue weighted by Gasteiger charge is 2.19. The lowest BCUT2D eigenvalue weighted by Gasteiger charge is -2.11. The third-order valence-electron chi connectivity index (χ3n) is 3.55. The maximum atomic E-state index is 13.1. The number of fused-ring (bicyclic) bond motifs is 1. The van der Waals surface area contributed by atoms with Crippen LogP contribution < -0.4 is 10.0 Å². The summed E-state index contributed by atoms with van der Waals surface area (Å²) in [5.74, 6) is -0.390. The lowest BCUT2D eigenvalue weighted by Crippen LogP contribution is -2.14. The molecule has 0 unspecified atom stereocenters. The van der Waals surface area contributed by atoms with Crippen LogP contribution >= 0.6 is 0 Å². The van der Waals surface area contributed by atoms with Crippen LogP contribution in [-0.2, 0) is 23.1 Å². The first-order valence-electron chi connectivity index (χ1n) is 6.57. The largest absolute Gasteiger partial charge is 0.309 e. The minimum atomic E-state index is -3.67. The molecule has 4 nitrogen and oxygen atoms in total. The summed E-state index contributed by atoms with van der Waals surface area (Å²) in [6.07, 6.45) is 0. The van der Waals surface area contributed by atoms with Gasteiger partial charge in [-0.3, -0.25) is 4.72 Å². The molecule has 1 aliphatic heterocycles. The molecule has 0 saturated heterocycles. The Morgan fingerprint density at radius 2 is 1.86 bits per heavy atom. The van der Waals surface area contributed by atoms with Gasteiger partial charge in [0, 0.05) is 13.1 Å². The van der Waals surface area contributed by atoms with E-state index in [1.807, 2.05) is 6.07 Å². The molecule has 0 bridgehead atoms. The fourth-order valence-electron chi connectivity index (χ4n) is 2.38. The van der Waals surface area contributed by atoms with E-state index in [2.05, 4.69) is 10.0 Å². The highest BCUT2D eigenvalue weighted by atomic mass is 32.2. The Kier molecular flexibility index (Phi) is 3.43. The van der Waals surface area contributed by atoms with Crippen LogP contribution in [0.4, 0.5) is 10.1 Å². The fourth-order valence-corrected chi connectivity index (χ4v) is 3.56. The number of aryl methyl sites for hydroxylation is 1. The summed E-state index contributed by atoms with van der Waals surface area (Å²) in [7, 11) is -3.67. The van der Waals surface area contributed by atoms with Gasteiger partial charge in [0.2, 0.25) is 0 Å². The Hall–Kier alpha value is -1.92. The lowest BCUT2D eigenvalue weighted by molar-refractivity contribution is 0.600. The molecule has 3 rings (SSSR count). The Labute approximate surface area is 123 Å². The number of hydrogen-bond donors (Lipinski definition) is 2. The van der Waals surface area contributed by atoms with Crippen molar-refractivity contribution >= 4 is 15.7 Å². The molecule has 0 aromatic heterocycles. The van der Waals surface area contributed by atoms with E-state index in [1.54, 1.807) is 19.1 Å². The zero-order chi connectivity index (χ0) is 15.0. The van der Waals surface area contributed by atoms with Gasteiger partial charge in [0.1, 0.15) is 5.82 Å². The molecule has 2 aromatic rings. The highest BCUT2D eigenvalue weighted by Crippen LogP contribution is 2.23. The molecule has 110 valence electrons. The van der Waals surface area contributed by atoms with Crippen molar-refractivity contribution in [3.63, 3.8) is 0 Å². The average molecular weight is 306 g/mol. The minimum absolute atomic E-state index is 0.216. The summed E-state index contributed by atoms with van der Waals surface area (Å²) < 4.78 is 40.4. The molecule has 6 heteroatoms. The number of anilines is 1. The molecular formula is C15H15FN2O2S. The van der Waals surface area contributed by atoms with Gasteiger partial charge in [0.15, 0.2) is 0 Å². The van der Waals surface area contributed by atoms with Gasteiger partial charge in [-0.25, -0.2) is 12.8 Å². The second kappa shape index (κ2) is 5.13. The third-order valence-corrected chi connectivity index (χ3v) is 4.91. The smallest absolute Gasteiger partial charge is 0.261 e. The predicted molar refractivity (Wildman–Crippen MR) is 78.9 cm³/mol. The molecule has 2 aromatic carbocycles. The molecule has 0 spiro atoms. The third kappa shape index (κ3) is 2.77. The van der Waals surface area contributed by atoms with E-state index in [0.717, 1.165) is 17.7 Å². The van der Waals surface area contributed by atoms with E-state index in [-0.39, 0.29) is 10.7 Å². The van der Waals surface area contributed by atoms with Crippen LogP contribution in [0.2, 0.25) is 0 Å². The summed E-state index contributed by atoms with van der Waals surface area (Å²) in [6, 6.07) is 9.05. The highest BCUT2D eigenvalue weighted by molar-refractivity contribution is 7.92. The van der Waals surface area contributed by atoms with Crippen LogP contribution in [0, 0.1) is 12.7 Å². The van der Waals surface area contributed by atoms with Crippen LogP contribution in [0.15, 0.2) is 41.3 Å². The molecule has 1 heterocycles. The van der Waals surface area contributed by atoms with E-state index in [9.17, 15) is 12.8 Å². The predicted octanol–water partition coefficient (Wildman–Crippen LogP) is 2.54. The van der Waals surface area contributed by atoms with Crippen molar-refractivity contribution in [2.24, 2.45) is 0 Å². The van der Waals surface area contributed by atoms with Gasteiger partial charge >= 0.3 is 0 Å². The van der Waals surface area contributed by atoms with E-state index in [1.165, 1.54) is 18.2 Å². The fraction of sp³-hybridized carbons (Fsp3) is 0.200. The number of sulfonamides is 1. The van der Waals surface area contributed by atoms with E-state index in [4.69, 9.17) is 0 Å². The maximum absolute atomic E-state index is 13.1. The van der Waals surface area contributed by atoms with Gasteiger partial charge in [-0.05, 0) is 53.9 Å². The van der Waals surface area contributed by atoms with Crippen molar-refractivity contribution in [1.29, 1.82) is 0 Å². The summed E-state index contributed by atoms with van der Waals surface area (Å²) in [4.78, 5) is 0.216. The monoisotopic (exact) mass is 306 g/mol. The molecule has 0 aliphatic carbocycles. The summed E-state index contributed by atoms with van der Waals surface area (Å²) in [5, 5.41) is 3.17. The Bertz CT molecular complexity index is 803. The summed E-state index contributed by atoms with van der Waals surface area (Å²) in [6.45, 7) is 3.10. The molecule has 21 heavy (non-hydrogen) atoms. The zero-order valence-electron chi connectivity index (χ0n) is 11.5. The SMILES string of the molecule is Cc1cc(F)ccc1NS(=O)(=O)c1ccc2c(c1)CNC2. The van der Waals surface area contributed by atoms with E-state index >= 15 is 0 Å². The van der Waals surface area contributed by atoms with Crippen LogP contribution in [-0.4, -0.2) is 8.42 Å². The van der Waals surface area contributed by atoms with Crippen molar-refractivity contribution in [3.05, 3.63) is 58.9 Å². The van der Waals surface area contributed by atoms with Gasteiger partial charge in [-0.15, -0.1) is 0 Å². The molecule has 0 atom stereocenters. The first kappa shape index (κ1) is 14.0. The zero-order valence-corrected chi connectivity index (χ0v) is 12.3. The minimum Gasteiger partial charge on any atom is -0.309 e.